The van der Waals surface area contributed by atoms with Gasteiger partial charge in [0.05, 0.1) is 11.3 Å². The Hall–Kier alpha value is -3.87. The maximum atomic E-state index is 13.6. The molecule has 1 aliphatic heterocycles. The minimum absolute atomic E-state index is 0.0338. The van der Waals surface area contributed by atoms with Crippen LogP contribution in [0.1, 0.15) is 30.2 Å². The summed E-state index contributed by atoms with van der Waals surface area (Å²) in [6.07, 6.45) is -3.67. The number of hydrogen-bond acceptors (Lipinski definition) is 6. The van der Waals surface area contributed by atoms with Gasteiger partial charge in [-0.25, -0.2) is 19.9 Å². The molecule has 0 radical (unpaired) electrons. The van der Waals surface area contributed by atoms with E-state index in [4.69, 9.17) is 17.3 Å². The third-order valence-corrected chi connectivity index (χ3v) is 6.56. The molecule has 0 aliphatic carbocycles. The number of aryl methyl sites for hydroxylation is 1. The molecule has 0 spiro atoms. The molecule has 3 aromatic heterocycles. The van der Waals surface area contributed by atoms with E-state index in [1.807, 2.05) is 0 Å². The average molecular weight is 538 g/mol. The summed E-state index contributed by atoms with van der Waals surface area (Å²) in [5.41, 5.74) is 6.02. The van der Waals surface area contributed by atoms with E-state index >= 15 is 0 Å². The summed E-state index contributed by atoms with van der Waals surface area (Å²) in [6, 6.07) is 6.63. The number of nitrogen functional groups attached to an aromatic ring is 1. The van der Waals surface area contributed by atoms with E-state index in [-0.39, 0.29) is 34.5 Å². The fourth-order valence-corrected chi connectivity index (χ4v) is 4.40. The zero-order valence-corrected chi connectivity index (χ0v) is 19.7. The number of imidazole rings is 1. The number of carbonyl (C=O) groups is 1. The van der Waals surface area contributed by atoms with Gasteiger partial charge in [0.1, 0.15) is 22.7 Å². The average Bonchev–Trinajstić information content (AvgIpc) is 3.40. The van der Waals surface area contributed by atoms with Crippen LogP contribution in [0, 0.1) is 0 Å². The molecule has 8 nitrogen and oxygen atoms in total. The molecule has 1 atom stereocenters. The van der Waals surface area contributed by atoms with E-state index in [2.05, 4.69) is 25.3 Å². The van der Waals surface area contributed by atoms with Crippen LogP contribution in [-0.2, 0) is 16.6 Å². The molecule has 192 valence electrons. The van der Waals surface area contributed by atoms with Crippen molar-refractivity contribution >= 4 is 34.8 Å². The highest BCUT2D eigenvalue weighted by Crippen LogP contribution is 2.45. The number of nitrogens with one attached hydrogen (secondary N) is 1. The fraction of sp³-hybridized carbons (Fsp3) is 0.261. The van der Waals surface area contributed by atoms with Crippen LogP contribution < -0.4 is 11.1 Å². The van der Waals surface area contributed by atoms with E-state index in [0.29, 0.717) is 16.1 Å². The quantitative estimate of drug-likeness (QED) is 0.353. The van der Waals surface area contributed by atoms with E-state index in [1.165, 1.54) is 23.0 Å². The first-order valence-corrected chi connectivity index (χ1v) is 11.2. The zero-order chi connectivity index (χ0) is 26.8. The van der Waals surface area contributed by atoms with Gasteiger partial charge in [-0.3, -0.25) is 4.79 Å². The molecule has 14 heteroatoms. The number of hydrogen-bond donors (Lipinski definition) is 2. The lowest BCUT2D eigenvalue weighted by Crippen LogP contribution is -2.36. The zero-order valence-electron chi connectivity index (χ0n) is 18.9. The number of rotatable bonds is 5. The van der Waals surface area contributed by atoms with Gasteiger partial charge in [0.25, 0.3) is 0 Å². The maximum Gasteiger partial charge on any atom is 0.453 e. The monoisotopic (exact) mass is 537 g/mol. The lowest BCUT2D eigenvalue weighted by Gasteiger charge is -2.23. The van der Waals surface area contributed by atoms with Crippen LogP contribution in [0.4, 0.5) is 33.6 Å². The largest absolute Gasteiger partial charge is 0.453 e. The van der Waals surface area contributed by atoms with Crippen molar-refractivity contribution in [3.63, 3.8) is 0 Å². The molecule has 1 aliphatic rings. The molecule has 4 heterocycles. The van der Waals surface area contributed by atoms with Gasteiger partial charge >= 0.3 is 12.1 Å². The number of nitrogens with two attached hydrogens (primary N) is 1. The van der Waals surface area contributed by atoms with Crippen molar-refractivity contribution in [2.24, 2.45) is 0 Å². The van der Waals surface area contributed by atoms with Gasteiger partial charge in [-0.15, -0.1) is 0 Å². The minimum atomic E-state index is -5.69. The highest BCUT2D eigenvalue weighted by Gasteiger charge is 2.56. The van der Waals surface area contributed by atoms with Crippen LogP contribution in [0.5, 0.6) is 0 Å². The Morgan fingerprint density at radius 2 is 1.81 bits per heavy atom. The van der Waals surface area contributed by atoms with Crippen molar-refractivity contribution in [3.8, 4) is 11.5 Å². The maximum absolute atomic E-state index is 13.6. The molecule has 5 rings (SSSR count). The molecule has 0 saturated carbocycles. The standard InChI is InChI=1S/C23H17ClF5N7O/c1-21(11-2-4-12(24)5-3-11)15-16(30)33-17(34-18(15)35-20(21)37)14-10-36-9-8-31-19(36)13(32-14)6-7-22(25,26)23(27,28)29/h2-5,8-10H,6-7H2,1H3,(H3,30,33,34,35,37). The second-order valence-corrected chi connectivity index (χ2v) is 9.11. The number of anilines is 2. The van der Waals surface area contributed by atoms with Gasteiger partial charge in [0.15, 0.2) is 11.5 Å². The molecule has 37 heavy (non-hydrogen) atoms. The molecule has 0 fully saturated rings. The number of nitrogens with zero attached hydrogens (tertiary/aromatic N) is 5. The van der Waals surface area contributed by atoms with Crippen molar-refractivity contribution in [2.45, 2.75) is 37.3 Å². The Bertz CT molecular complexity index is 1540. The van der Waals surface area contributed by atoms with Crippen LogP contribution in [0.25, 0.3) is 17.2 Å². The summed E-state index contributed by atoms with van der Waals surface area (Å²) in [6.45, 7) is 1.66. The summed E-state index contributed by atoms with van der Waals surface area (Å²) in [5.74, 6) is -5.28. The highest BCUT2D eigenvalue weighted by atomic mass is 35.5. The van der Waals surface area contributed by atoms with E-state index < -0.39 is 36.3 Å². The lowest BCUT2D eigenvalue weighted by molar-refractivity contribution is -0.284. The van der Waals surface area contributed by atoms with E-state index in [9.17, 15) is 26.7 Å². The van der Waals surface area contributed by atoms with Crippen molar-refractivity contribution < 1.29 is 26.7 Å². The van der Waals surface area contributed by atoms with Crippen molar-refractivity contribution in [1.82, 2.24) is 24.3 Å². The first-order chi connectivity index (χ1) is 17.3. The summed E-state index contributed by atoms with van der Waals surface area (Å²) in [4.78, 5) is 29.9. The Kier molecular flexibility index (Phi) is 5.59. The van der Waals surface area contributed by atoms with Gasteiger partial charge < -0.3 is 15.5 Å². The number of fused-ring (bicyclic) bond motifs is 2. The van der Waals surface area contributed by atoms with Crippen LogP contribution in [-0.4, -0.2) is 42.3 Å². The van der Waals surface area contributed by atoms with Gasteiger partial charge in [0, 0.05) is 30.0 Å². The third kappa shape index (κ3) is 4.02. The number of alkyl halides is 5. The third-order valence-electron chi connectivity index (χ3n) is 6.31. The van der Waals surface area contributed by atoms with Crippen LogP contribution in [0.2, 0.25) is 5.02 Å². The number of halogens is 6. The van der Waals surface area contributed by atoms with Gasteiger partial charge in [-0.2, -0.15) is 22.0 Å². The second-order valence-electron chi connectivity index (χ2n) is 8.68. The van der Waals surface area contributed by atoms with Gasteiger partial charge in [-0.1, -0.05) is 23.7 Å². The summed E-state index contributed by atoms with van der Waals surface area (Å²) < 4.78 is 66.6. The first-order valence-electron chi connectivity index (χ1n) is 10.8. The molecule has 1 aromatic carbocycles. The minimum Gasteiger partial charge on any atom is -0.383 e. The van der Waals surface area contributed by atoms with Gasteiger partial charge in [0.2, 0.25) is 5.91 Å². The Morgan fingerprint density at radius 3 is 2.49 bits per heavy atom. The molecular weight excluding hydrogens is 521 g/mol. The van der Waals surface area contributed by atoms with E-state index in [0.717, 1.165) is 0 Å². The molecule has 0 bridgehead atoms. The molecular formula is C23H17ClF5N7O. The molecule has 1 unspecified atom stereocenters. The van der Waals surface area contributed by atoms with Crippen molar-refractivity contribution in [1.29, 1.82) is 0 Å². The summed E-state index contributed by atoms with van der Waals surface area (Å²) >= 11 is 5.98. The summed E-state index contributed by atoms with van der Waals surface area (Å²) in [7, 11) is 0. The smallest absolute Gasteiger partial charge is 0.383 e. The van der Waals surface area contributed by atoms with Crippen molar-refractivity contribution in [2.75, 3.05) is 11.1 Å². The number of aromatic nitrogens is 5. The van der Waals surface area contributed by atoms with Crippen LogP contribution in [0.15, 0.2) is 42.9 Å². The highest BCUT2D eigenvalue weighted by molar-refractivity contribution is 6.30. The Labute approximate surface area is 210 Å². The van der Waals surface area contributed by atoms with Crippen molar-refractivity contribution in [3.05, 3.63) is 64.7 Å². The summed E-state index contributed by atoms with van der Waals surface area (Å²) in [5, 5.41) is 3.17. The first kappa shape index (κ1) is 24.8. The number of carbonyl (C=O) groups excluding carboxylic acids is 1. The number of amides is 1. The van der Waals surface area contributed by atoms with Gasteiger partial charge in [-0.05, 0) is 31.0 Å². The Balaban J connectivity index is 1.57. The predicted molar refractivity (Wildman–Crippen MR) is 124 cm³/mol. The molecule has 4 aromatic rings. The SMILES string of the molecule is CC1(c2ccc(Cl)cc2)C(=O)Nc2nc(-c3cn4ccnc4c(CCC(F)(F)C(F)(F)F)n3)nc(N)c21. The molecule has 1 amide bonds. The van der Waals surface area contributed by atoms with Crippen LogP contribution >= 0.6 is 11.6 Å². The van der Waals surface area contributed by atoms with Crippen LogP contribution in [0.3, 0.4) is 0 Å². The predicted octanol–water partition coefficient (Wildman–Crippen LogP) is 4.81. The Morgan fingerprint density at radius 1 is 1.11 bits per heavy atom. The fourth-order valence-electron chi connectivity index (χ4n) is 4.27. The lowest BCUT2D eigenvalue weighted by atomic mass is 9.78. The van der Waals surface area contributed by atoms with E-state index in [1.54, 1.807) is 31.2 Å². The number of benzene rings is 1. The normalized spacial score (nSPS) is 17.8. The second kappa shape index (κ2) is 8.33. The molecule has 0 saturated heterocycles. The topological polar surface area (TPSA) is 111 Å². The molecule has 3 N–H and O–H groups in total.